The molecule has 1 heterocycles. The molecule has 3 nitrogen and oxygen atoms in total. The number of alkyl halides is 3. The molecule has 0 aliphatic rings. The van der Waals surface area contributed by atoms with E-state index in [1.165, 1.54) is 18.2 Å². The first-order valence-electron chi connectivity index (χ1n) is 5.61. The standard InChI is InChI=1S/C13H8Br2F3NO2/c14-9-3-8(5-19-6-9)7-20-10-1-2-12(11(15)4-10)21-13(16,17)18/h1-6H,7H2. The molecule has 2 rings (SSSR count). The third kappa shape index (κ3) is 5.20. The van der Waals surface area contributed by atoms with E-state index in [9.17, 15) is 13.2 Å². The van der Waals surface area contributed by atoms with E-state index < -0.39 is 6.36 Å². The van der Waals surface area contributed by atoms with Crippen LogP contribution in [0.4, 0.5) is 13.2 Å². The molecule has 0 aliphatic heterocycles. The van der Waals surface area contributed by atoms with Crippen LogP contribution in [0, 0.1) is 0 Å². The Labute approximate surface area is 135 Å². The van der Waals surface area contributed by atoms with Crippen molar-refractivity contribution in [2.24, 2.45) is 0 Å². The molecule has 0 radical (unpaired) electrons. The van der Waals surface area contributed by atoms with Crippen LogP contribution in [0.5, 0.6) is 11.5 Å². The molecular formula is C13H8Br2F3NO2. The van der Waals surface area contributed by atoms with Crippen LogP contribution in [0.15, 0.2) is 45.6 Å². The maximum Gasteiger partial charge on any atom is 0.573 e. The first kappa shape index (κ1) is 16.1. The number of rotatable bonds is 4. The van der Waals surface area contributed by atoms with Gasteiger partial charge in [-0.1, -0.05) is 0 Å². The zero-order valence-electron chi connectivity index (χ0n) is 10.3. The van der Waals surface area contributed by atoms with Crippen LogP contribution in [0.1, 0.15) is 5.56 Å². The lowest BCUT2D eigenvalue weighted by Gasteiger charge is -2.12. The summed E-state index contributed by atoms with van der Waals surface area (Å²) in [5.41, 5.74) is 0.830. The number of halogens is 5. The van der Waals surface area contributed by atoms with Gasteiger partial charge in [-0.05, 0) is 56.1 Å². The number of benzene rings is 1. The molecule has 0 bridgehead atoms. The van der Waals surface area contributed by atoms with Crippen LogP contribution < -0.4 is 9.47 Å². The Hall–Kier alpha value is -1.28. The first-order chi connectivity index (χ1) is 9.83. The van der Waals surface area contributed by atoms with E-state index in [1.54, 1.807) is 12.4 Å². The second-order valence-corrected chi connectivity index (χ2v) is 5.71. The van der Waals surface area contributed by atoms with Crippen LogP contribution in [0.2, 0.25) is 0 Å². The molecule has 0 N–H and O–H groups in total. The van der Waals surface area contributed by atoms with Gasteiger partial charge in [0, 0.05) is 22.4 Å². The summed E-state index contributed by atoms with van der Waals surface area (Å²) < 4.78 is 46.7. The second-order valence-electron chi connectivity index (χ2n) is 3.94. The van der Waals surface area contributed by atoms with Crippen molar-refractivity contribution in [3.8, 4) is 11.5 Å². The van der Waals surface area contributed by atoms with Gasteiger partial charge in [0.15, 0.2) is 0 Å². The summed E-state index contributed by atoms with van der Waals surface area (Å²) in [5.74, 6) is 0.0929. The molecule has 0 saturated heterocycles. The molecule has 0 aliphatic carbocycles. The molecule has 112 valence electrons. The van der Waals surface area contributed by atoms with Crippen LogP contribution >= 0.6 is 31.9 Å². The van der Waals surface area contributed by atoms with E-state index in [1.807, 2.05) is 6.07 Å². The molecule has 0 spiro atoms. The number of nitrogens with zero attached hydrogens (tertiary/aromatic N) is 1. The Morgan fingerprint density at radius 2 is 1.86 bits per heavy atom. The van der Waals surface area contributed by atoms with Crippen molar-refractivity contribution in [3.63, 3.8) is 0 Å². The van der Waals surface area contributed by atoms with Gasteiger partial charge in [-0.25, -0.2) is 0 Å². The summed E-state index contributed by atoms with van der Waals surface area (Å²) in [6.45, 7) is 0.248. The lowest BCUT2D eigenvalue weighted by Crippen LogP contribution is -2.17. The van der Waals surface area contributed by atoms with Crippen molar-refractivity contribution in [1.29, 1.82) is 0 Å². The van der Waals surface area contributed by atoms with Crippen molar-refractivity contribution in [2.45, 2.75) is 13.0 Å². The Balaban J connectivity index is 2.03. The Morgan fingerprint density at radius 1 is 1.10 bits per heavy atom. The molecule has 0 amide bonds. The highest BCUT2D eigenvalue weighted by molar-refractivity contribution is 9.10. The van der Waals surface area contributed by atoms with Gasteiger partial charge >= 0.3 is 6.36 Å². The van der Waals surface area contributed by atoms with Gasteiger partial charge in [-0.3, -0.25) is 4.98 Å². The molecule has 1 aromatic carbocycles. The van der Waals surface area contributed by atoms with Gasteiger partial charge in [0.1, 0.15) is 18.1 Å². The SMILES string of the molecule is FC(F)(F)Oc1ccc(OCc2cncc(Br)c2)cc1Br. The quantitative estimate of drug-likeness (QED) is 0.682. The summed E-state index contributed by atoms with van der Waals surface area (Å²) in [6.07, 6.45) is -1.45. The molecule has 2 aromatic rings. The highest BCUT2D eigenvalue weighted by atomic mass is 79.9. The van der Waals surface area contributed by atoms with Crippen LogP contribution in [0.3, 0.4) is 0 Å². The lowest BCUT2D eigenvalue weighted by atomic mass is 10.3. The third-order valence-electron chi connectivity index (χ3n) is 2.30. The zero-order chi connectivity index (χ0) is 15.5. The molecular weight excluding hydrogens is 419 g/mol. The minimum Gasteiger partial charge on any atom is -0.489 e. The maximum atomic E-state index is 12.1. The lowest BCUT2D eigenvalue weighted by molar-refractivity contribution is -0.274. The molecule has 0 fully saturated rings. The molecule has 0 saturated carbocycles. The summed E-state index contributed by atoms with van der Waals surface area (Å²) in [7, 11) is 0. The summed E-state index contributed by atoms with van der Waals surface area (Å²) in [4.78, 5) is 3.99. The Bertz CT molecular complexity index is 635. The molecule has 1 aromatic heterocycles. The van der Waals surface area contributed by atoms with Crippen molar-refractivity contribution in [3.05, 3.63) is 51.2 Å². The van der Waals surface area contributed by atoms with Gasteiger partial charge in [0.2, 0.25) is 0 Å². The van der Waals surface area contributed by atoms with E-state index in [-0.39, 0.29) is 16.8 Å². The summed E-state index contributed by atoms with van der Waals surface area (Å²) in [6, 6.07) is 5.83. The van der Waals surface area contributed by atoms with E-state index in [2.05, 4.69) is 41.6 Å². The zero-order valence-corrected chi connectivity index (χ0v) is 13.5. The fourth-order valence-electron chi connectivity index (χ4n) is 1.48. The highest BCUT2D eigenvalue weighted by Crippen LogP contribution is 2.33. The number of hydrogen-bond donors (Lipinski definition) is 0. The predicted octanol–water partition coefficient (Wildman–Crippen LogP) is 5.08. The fraction of sp³-hybridized carbons (Fsp3) is 0.154. The van der Waals surface area contributed by atoms with Crippen molar-refractivity contribution in [1.82, 2.24) is 4.98 Å². The molecule has 0 atom stereocenters. The van der Waals surface area contributed by atoms with E-state index in [0.717, 1.165) is 10.0 Å². The normalized spacial score (nSPS) is 11.3. The van der Waals surface area contributed by atoms with Gasteiger partial charge in [0.05, 0.1) is 4.47 Å². The smallest absolute Gasteiger partial charge is 0.489 e. The predicted molar refractivity (Wildman–Crippen MR) is 77.1 cm³/mol. The van der Waals surface area contributed by atoms with E-state index >= 15 is 0 Å². The number of ether oxygens (including phenoxy) is 2. The third-order valence-corrected chi connectivity index (χ3v) is 3.35. The van der Waals surface area contributed by atoms with Gasteiger partial charge < -0.3 is 9.47 Å². The Kier molecular flexibility index (Phi) is 5.10. The first-order valence-corrected chi connectivity index (χ1v) is 7.19. The number of pyridine rings is 1. The number of aromatic nitrogens is 1. The second kappa shape index (κ2) is 6.65. The van der Waals surface area contributed by atoms with Crippen molar-refractivity contribution in [2.75, 3.05) is 0 Å². The maximum absolute atomic E-state index is 12.1. The van der Waals surface area contributed by atoms with Crippen LogP contribution in [0.25, 0.3) is 0 Å². The fourth-order valence-corrected chi connectivity index (χ4v) is 2.33. The van der Waals surface area contributed by atoms with Gasteiger partial charge in [-0.15, -0.1) is 13.2 Å². The van der Waals surface area contributed by atoms with Gasteiger partial charge in [-0.2, -0.15) is 0 Å². The van der Waals surface area contributed by atoms with Crippen molar-refractivity contribution < 1.29 is 22.6 Å². The van der Waals surface area contributed by atoms with Gasteiger partial charge in [0.25, 0.3) is 0 Å². The van der Waals surface area contributed by atoms with E-state index in [0.29, 0.717) is 5.75 Å². The average molecular weight is 427 g/mol. The monoisotopic (exact) mass is 425 g/mol. The van der Waals surface area contributed by atoms with Crippen LogP contribution in [-0.4, -0.2) is 11.3 Å². The van der Waals surface area contributed by atoms with E-state index in [4.69, 9.17) is 4.74 Å². The largest absolute Gasteiger partial charge is 0.573 e. The highest BCUT2D eigenvalue weighted by Gasteiger charge is 2.31. The summed E-state index contributed by atoms with van der Waals surface area (Å²) >= 11 is 6.30. The average Bonchev–Trinajstić information content (AvgIpc) is 2.38. The van der Waals surface area contributed by atoms with Crippen molar-refractivity contribution >= 4 is 31.9 Å². The Morgan fingerprint density at radius 3 is 2.48 bits per heavy atom. The minimum atomic E-state index is -4.73. The topological polar surface area (TPSA) is 31.4 Å². The number of hydrogen-bond acceptors (Lipinski definition) is 3. The minimum absolute atomic E-state index is 0.157. The molecule has 21 heavy (non-hydrogen) atoms. The molecule has 0 unspecified atom stereocenters. The van der Waals surface area contributed by atoms with Crippen LogP contribution in [-0.2, 0) is 6.61 Å². The summed E-state index contributed by atoms with van der Waals surface area (Å²) in [5, 5.41) is 0. The molecule has 8 heteroatoms.